The molecule has 55 valence electrons. The Labute approximate surface area is 68.7 Å². The minimum Gasteiger partial charge on any atom is -0.0704 e. The maximum atomic E-state index is 4.74. The van der Waals surface area contributed by atoms with Gasteiger partial charge >= 0.3 is 0 Å². The third-order valence-corrected chi connectivity index (χ3v) is 1.50. The first kappa shape index (κ1) is 10.0. The standard InChI is InChI=1S/C6H12.Cl2P/c1-2-4-6-5-3-1;1-3-2/h1-6H2;. The van der Waals surface area contributed by atoms with Gasteiger partial charge in [0.05, 0.1) is 0 Å². The molecule has 0 amide bonds. The fourth-order valence-corrected chi connectivity index (χ4v) is 1.06. The Morgan fingerprint density at radius 3 is 0.889 bits per heavy atom. The normalized spacial score (nSPS) is 18.0. The van der Waals surface area contributed by atoms with E-state index in [1.807, 2.05) is 0 Å². The monoisotopic (exact) mass is 185 g/mol. The first-order valence-corrected chi connectivity index (χ1v) is 6.04. The van der Waals surface area contributed by atoms with Gasteiger partial charge in [-0.1, -0.05) is 61.0 Å². The maximum Gasteiger partial charge on any atom is 0.141 e. The van der Waals surface area contributed by atoms with E-state index in [0.717, 1.165) is 0 Å². The van der Waals surface area contributed by atoms with Crippen molar-refractivity contribution in [2.75, 3.05) is 0 Å². The molecule has 1 rings (SSSR count). The Kier molecular flexibility index (Phi) is 10.0. The molecule has 0 unspecified atom stereocenters. The molecule has 0 atom stereocenters. The van der Waals surface area contributed by atoms with Gasteiger partial charge in [0.2, 0.25) is 0 Å². The van der Waals surface area contributed by atoms with Gasteiger partial charge in [-0.2, -0.15) is 0 Å². The molecule has 9 heavy (non-hydrogen) atoms. The van der Waals surface area contributed by atoms with Crippen LogP contribution in [-0.2, 0) is 0 Å². The second kappa shape index (κ2) is 9.01. The van der Waals surface area contributed by atoms with Crippen molar-refractivity contribution >= 4 is 29.8 Å². The lowest BCUT2D eigenvalue weighted by molar-refractivity contribution is 0.504. The van der Waals surface area contributed by atoms with Crippen molar-refractivity contribution in [3.63, 3.8) is 0 Å². The van der Waals surface area contributed by atoms with Crippen LogP contribution < -0.4 is 0 Å². The molecular weight excluding hydrogens is 174 g/mol. The van der Waals surface area contributed by atoms with Crippen molar-refractivity contribution in [1.82, 2.24) is 0 Å². The first-order chi connectivity index (χ1) is 4.41. The molecule has 1 saturated carbocycles. The van der Waals surface area contributed by atoms with E-state index in [2.05, 4.69) is 0 Å². The van der Waals surface area contributed by atoms with Crippen LogP contribution >= 0.6 is 29.8 Å². The molecular formula is C6H12Cl2P. The molecule has 1 aliphatic carbocycles. The summed E-state index contributed by atoms with van der Waals surface area (Å²) in [5.74, 6) is 0. The van der Waals surface area contributed by atoms with E-state index in [1.54, 1.807) is 0 Å². The second-order valence-electron chi connectivity index (χ2n) is 2.19. The van der Waals surface area contributed by atoms with Gasteiger partial charge in [-0.15, -0.1) is 0 Å². The Morgan fingerprint density at radius 1 is 0.667 bits per heavy atom. The number of rotatable bonds is 0. The average Bonchev–Trinajstić information content (AvgIpc) is 1.93. The van der Waals surface area contributed by atoms with Gasteiger partial charge in [-0.05, 0) is 0 Å². The van der Waals surface area contributed by atoms with Crippen molar-refractivity contribution in [2.45, 2.75) is 38.5 Å². The van der Waals surface area contributed by atoms with E-state index in [9.17, 15) is 0 Å². The molecule has 0 aliphatic heterocycles. The Balaban J connectivity index is 0.000000187. The summed E-state index contributed by atoms with van der Waals surface area (Å²) < 4.78 is 0. The summed E-state index contributed by atoms with van der Waals surface area (Å²) in [4.78, 5) is 0. The van der Waals surface area contributed by atoms with E-state index < -0.39 is 0 Å². The molecule has 3 heteroatoms. The van der Waals surface area contributed by atoms with Crippen LogP contribution in [0.15, 0.2) is 0 Å². The lowest BCUT2D eigenvalue weighted by Crippen LogP contribution is -1.85. The molecule has 0 aromatic carbocycles. The highest BCUT2D eigenvalue weighted by Gasteiger charge is 1.95. The molecule has 1 radical (unpaired) electrons. The fraction of sp³-hybridized carbons (Fsp3) is 1.00. The molecule has 0 heterocycles. The van der Waals surface area contributed by atoms with Crippen LogP contribution in [0.3, 0.4) is 0 Å². The van der Waals surface area contributed by atoms with Crippen molar-refractivity contribution in [2.24, 2.45) is 0 Å². The molecule has 0 N–H and O–H groups in total. The Morgan fingerprint density at radius 2 is 0.778 bits per heavy atom. The van der Waals surface area contributed by atoms with Crippen LogP contribution in [0, 0.1) is 0 Å². The lowest BCUT2D eigenvalue weighted by atomic mass is 10.0. The first-order valence-electron chi connectivity index (χ1n) is 3.34. The van der Waals surface area contributed by atoms with Crippen LogP contribution in [0.25, 0.3) is 0 Å². The van der Waals surface area contributed by atoms with Crippen LogP contribution in [0.2, 0.25) is 0 Å². The van der Waals surface area contributed by atoms with E-state index in [4.69, 9.17) is 22.5 Å². The highest BCUT2D eigenvalue weighted by Crippen LogP contribution is 2.19. The number of halogens is 2. The summed E-state index contributed by atoms with van der Waals surface area (Å²) >= 11 is 9.47. The van der Waals surface area contributed by atoms with Gasteiger partial charge in [0, 0.05) is 0 Å². The minimum absolute atomic E-state index is 0.361. The number of hydrogen-bond acceptors (Lipinski definition) is 0. The highest BCUT2D eigenvalue weighted by atomic mass is 35.9. The lowest BCUT2D eigenvalue weighted by Gasteiger charge is -2.05. The summed E-state index contributed by atoms with van der Waals surface area (Å²) in [5.41, 5.74) is 0. The zero-order valence-electron chi connectivity index (χ0n) is 5.45. The van der Waals surface area contributed by atoms with Gasteiger partial charge in [-0.3, -0.25) is 0 Å². The average molecular weight is 186 g/mol. The van der Waals surface area contributed by atoms with Crippen molar-refractivity contribution < 1.29 is 0 Å². The maximum absolute atomic E-state index is 4.74. The fourth-order valence-electron chi connectivity index (χ4n) is 1.06. The third kappa shape index (κ3) is 9.01. The summed E-state index contributed by atoms with van der Waals surface area (Å²) in [6.07, 6.45) is 9.00. The SMILES string of the molecule is C1CCCCC1.Cl[P]Cl. The molecule has 0 aromatic heterocycles. The molecule has 1 fully saturated rings. The molecule has 0 spiro atoms. The van der Waals surface area contributed by atoms with Gasteiger partial charge < -0.3 is 0 Å². The smallest absolute Gasteiger partial charge is 0.0704 e. The highest BCUT2D eigenvalue weighted by molar-refractivity contribution is 7.90. The molecule has 1 aliphatic rings. The predicted octanol–water partition coefficient (Wildman–Crippen LogP) is 4.58. The third-order valence-electron chi connectivity index (χ3n) is 1.50. The molecule has 0 nitrogen and oxygen atoms in total. The van der Waals surface area contributed by atoms with Crippen LogP contribution in [0.4, 0.5) is 0 Å². The zero-order valence-corrected chi connectivity index (χ0v) is 7.85. The van der Waals surface area contributed by atoms with Gasteiger partial charge in [-0.25, -0.2) is 0 Å². The zero-order chi connectivity index (χ0) is 6.95. The van der Waals surface area contributed by atoms with Gasteiger partial charge in [0.25, 0.3) is 0 Å². The minimum atomic E-state index is 0.361. The summed E-state index contributed by atoms with van der Waals surface area (Å²) in [5, 5.41) is 0. The Hall–Kier alpha value is 1.01. The largest absolute Gasteiger partial charge is 0.141 e. The summed E-state index contributed by atoms with van der Waals surface area (Å²) in [7, 11) is 0.361. The van der Waals surface area contributed by atoms with Crippen molar-refractivity contribution in [1.29, 1.82) is 0 Å². The quantitative estimate of drug-likeness (QED) is 0.485. The summed E-state index contributed by atoms with van der Waals surface area (Å²) in [6, 6.07) is 0. The molecule has 0 bridgehead atoms. The molecule has 0 aromatic rings. The van der Waals surface area contributed by atoms with Crippen LogP contribution in [-0.4, -0.2) is 0 Å². The van der Waals surface area contributed by atoms with Crippen molar-refractivity contribution in [3.05, 3.63) is 0 Å². The predicted molar refractivity (Wildman–Crippen MR) is 46.3 cm³/mol. The van der Waals surface area contributed by atoms with Crippen LogP contribution in [0.5, 0.6) is 0 Å². The topological polar surface area (TPSA) is 0 Å². The number of hydrogen-bond donors (Lipinski definition) is 0. The molecule has 0 saturated heterocycles. The van der Waals surface area contributed by atoms with Crippen LogP contribution in [0.1, 0.15) is 38.5 Å². The van der Waals surface area contributed by atoms with E-state index >= 15 is 0 Å². The van der Waals surface area contributed by atoms with E-state index in [1.165, 1.54) is 38.5 Å². The van der Waals surface area contributed by atoms with Gasteiger partial charge in [0.15, 0.2) is 0 Å². The van der Waals surface area contributed by atoms with Crippen molar-refractivity contribution in [3.8, 4) is 0 Å². The Bertz CT molecular complexity index is 34.8. The van der Waals surface area contributed by atoms with E-state index in [0.29, 0.717) is 7.29 Å². The summed E-state index contributed by atoms with van der Waals surface area (Å²) in [6.45, 7) is 0. The van der Waals surface area contributed by atoms with E-state index in [-0.39, 0.29) is 0 Å². The second-order valence-corrected chi connectivity index (χ2v) is 3.85. The van der Waals surface area contributed by atoms with Gasteiger partial charge in [0.1, 0.15) is 7.29 Å².